The van der Waals surface area contributed by atoms with E-state index in [1.807, 2.05) is 0 Å². The molecule has 0 heterocycles. The molecule has 60 valence electrons. The van der Waals surface area contributed by atoms with Gasteiger partial charge in [-0.3, -0.25) is 0 Å². The molecular weight excluding hydrogens is 130 g/mol. The molecule has 3 nitrogen and oxygen atoms in total. The summed E-state index contributed by atoms with van der Waals surface area (Å²) in [7, 11) is 0. The van der Waals surface area contributed by atoms with Crippen LogP contribution in [0.25, 0.3) is 0 Å². The molecule has 3 heteroatoms. The molecule has 0 saturated heterocycles. The van der Waals surface area contributed by atoms with Gasteiger partial charge >= 0.3 is 0 Å². The Morgan fingerprint density at radius 3 is 2.10 bits per heavy atom. The number of hydrogen-bond acceptors (Lipinski definition) is 3. The van der Waals surface area contributed by atoms with E-state index in [0.29, 0.717) is 33.0 Å². The molecule has 0 atom stereocenters. The molecule has 0 rings (SSSR count). The van der Waals surface area contributed by atoms with Crippen molar-refractivity contribution in [3.8, 4) is 0 Å². The number of nitrogens with two attached hydrogens (primary N) is 1. The van der Waals surface area contributed by atoms with E-state index in [0.717, 1.165) is 6.42 Å². The van der Waals surface area contributed by atoms with Crippen molar-refractivity contribution >= 4 is 0 Å². The van der Waals surface area contributed by atoms with Gasteiger partial charge in [0.25, 0.3) is 0 Å². The van der Waals surface area contributed by atoms with Crippen molar-refractivity contribution in [2.24, 2.45) is 5.73 Å². The molecule has 0 bridgehead atoms. The number of hydrogen-bond donors (Lipinski definition) is 1. The first-order chi connectivity index (χ1) is 4.91. The highest BCUT2D eigenvalue weighted by molar-refractivity contribution is 4.36. The minimum atomic E-state index is 0.579. The average Bonchev–Trinajstić information content (AvgIpc) is 1.97. The van der Waals surface area contributed by atoms with Gasteiger partial charge < -0.3 is 15.2 Å². The molecule has 0 amide bonds. The Labute approximate surface area is 62.5 Å². The standard InChI is InChI=1S/C7H16NO2/c1-2-4-9-6-7-10-5-3-8/h1-8H2/q+1. The van der Waals surface area contributed by atoms with Crippen LogP contribution < -0.4 is 5.73 Å². The predicted octanol–water partition coefficient (Wildman–Crippen LogP) is 0.202. The van der Waals surface area contributed by atoms with Crippen molar-refractivity contribution in [3.63, 3.8) is 0 Å². The minimum absolute atomic E-state index is 0.579. The van der Waals surface area contributed by atoms with Gasteiger partial charge in [0.05, 0.1) is 33.4 Å². The molecule has 2 N–H and O–H groups in total. The Bertz CT molecular complexity index is 51.6. The molecule has 0 aliphatic heterocycles. The van der Waals surface area contributed by atoms with E-state index in [2.05, 4.69) is 6.92 Å². The zero-order chi connectivity index (χ0) is 7.66. The SMILES string of the molecule is [CH2+]CCOCCOCCN. The molecule has 0 fully saturated rings. The van der Waals surface area contributed by atoms with Crippen molar-refractivity contribution in [2.75, 3.05) is 33.0 Å². The van der Waals surface area contributed by atoms with Crippen LogP contribution in [-0.2, 0) is 9.47 Å². The molecule has 0 aromatic heterocycles. The molecule has 0 aromatic rings. The van der Waals surface area contributed by atoms with Crippen LogP contribution in [0.4, 0.5) is 0 Å². The Morgan fingerprint density at radius 1 is 1.00 bits per heavy atom. The molecule has 0 unspecified atom stereocenters. The summed E-state index contributed by atoms with van der Waals surface area (Å²) in [5.74, 6) is 0. The molecule has 0 aliphatic carbocycles. The van der Waals surface area contributed by atoms with E-state index < -0.39 is 0 Å². The lowest BCUT2D eigenvalue weighted by molar-refractivity contribution is 0.0524. The van der Waals surface area contributed by atoms with Crippen molar-refractivity contribution in [2.45, 2.75) is 6.42 Å². The van der Waals surface area contributed by atoms with Crippen molar-refractivity contribution in [1.29, 1.82) is 0 Å². The molecule has 0 aliphatic rings. The highest BCUT2D eigenvalue weighted by Gasteiger charge is 1.87. The van der Waals surface area contributed by atoms with Gasteiger partial charge in [0.1, 0.15) is 6.42 Å². The normalized spacial score (nSPS) is 10.1. The van der Waals surface area contributed by atoms with Crippen LogP contribution in [0.5, 0.6) is 0 Å². The Hall–Kier alpha value is -0.250. The van der Waals surface area contributed by atoms with E-state index >= 15 is 0 Å². The maximum atomic E-state index is 5.19. The van der Waals surface area contributed by atoms with Gasteiger partial charge in [0, 0.05) is 6.54 Å². The number of rotatable bonds is 7. The van der Waals surface area contributed by atoms with Crippen molar-refractivity contribution < 1.29 is 9.47 Å². The lowest BCUT2D eigenvalue weighted by atomic mass is 10.5. The van der Waals surface area contributed by atoms with Crippen LogP contribution in [-0.4, -0.2) is 33.0 Å². The highest BCUT2D eigenvalue weighted by Crippen LogP contribution is 1.80. The monoisotopic (exact) mass is 146 g/mol. The summed E-state index contributed by atoms with van der Waals surface area (Å²) in [6, 6.07) is 0. The maximum Gasteiger partial charge on any atom is 0.108 e. The summed E-state index contributed by atoms with van der Waals surface area (Å²) in [5, 5.41) is 0. The first-order valence-corrected chi connectivity index (χ1v) is 3.56. The zero-order valence-corrected chi connectivity index (χ0v) is 6.34. The molecule has 0 spiro atoms. The highest BCUT2D eigenvalue weighted by atomic mass is 16.5. The van der Waals surface area contributed by atoms with Crippen LogP contribution in [0.3, 0.4) is 0 Å². The third-order valence-corrected chi connectivity index (χ3v) is 0.923. The summed E-state index contributed by atoms with van der Waals surface area (Å²) >= 11 is 0. The predicted molar refractivity (Wildman–Crippen MR) is 40.7 cm³/mol. The van der Waals surface area contributed by atoms with Gasteiger partial charge in [0.15, 0.2) is 0 Å². The van der Waals surface area contributed by atoms with Gasteiger partial charge in [-0.05, 0) is 0 Å². The second kappa shape index (κ2) is 8.75. The third kappa shape index (κ3) is 7.75. The lowest BCUT2D eigenvalue weighted by Crippen LogP contribution is -2.12. The summed E-state index contributed by atoms with van der Waals surface area (Å²) in [6.07, 6.45) is 0.816. The van der Waals surface area contributed by atoms with Crippen LogP contribution in [0.2, 0.25) is 0 Å². The van der Waals surface area contributed by atoms with E-state index in [4.69, 9.17) is 15.2 Å². The smallest absolute Gasteiger partial charge is 0.108 e. The van der Waals surface area contributed by atoms with Crippen molar-refractivity contribution in [3.05, 3.63) is 6.92 Å². The fourth-order valence-corrected chi connectivity index (χ4v) is 0.507. The Balaban J connectivity index is 2.65. The topological polar surface area (TPSA) is 44.5 Å². The second-order valence-corrected chi connectivity index (χ2v) is 1.87. The summed E-state index contributed by atoms with van der Waals surface area (Å²) < 4.78 is 10.2. The average molecular weight is 146 g/mol. The third-order valence-electron chi connectivity index (χ3n) is 0.923. The van der Waals surface area contributed by atoms with E-state index in [1.165, 1.54) is 0 Å². The van der Waals surface area contributed by atoms with Crippen LogP contribution >= 0.6 is 0 Å². The Kier molecular flexibility index (Phi) is 8.53. The molecule has 0 aromatic carbocycles. The fraction of sp³-hybridized carbons (Fsp3) is 0.857. The van der Waals surface area contributed by atoms with Crippen LogP contribution in [0.15, 0.2) is 0 Å². The number of ether oxygens (including phenoxy) is 2. The van der Waals surface area contributed by atoms with Gasteiger partial charge in [-0.1, -0.05) is 0 Å². The summed E-state index contributed by atoms with van der Waals surface area (Å²) in [6.45, 7) is 6.83. The lowest BCUT2D eigenvalue weighted by Gasteiger charge is -2.01. The first kappa shape index (κ1) is 9.75. The second-order valence-electron chi connectivity index (χ2n) is 1.87. The van der Waals surface area contributed by atoms with E-state index in [9.17, 15) is 0 Å². The van der Waals surface area contributed by atoms with E-state index in [-0.39, 0.29) is 0 Å². The van der Waals surface area contributed by atoms with Crippen molar-refractivity contribution in [1.82, 2.24) is 0 Å². The molecular formula is C7H16NO2+. The van der Waals surface area contributed by atoms with Gasteiger partial charge in [-0.15, -0.1) is 0 Å². The minimum Gasteiger partial charge on any atom is -0.378 e. The Morgan fingerprint density at radius 2 is 1.60 bits per heavy atom. The molecule has 0 saturated carbocycles. The fourth-order valence-electron chi connectivity index (χ4n) is 0.507. The van der Waals surface area contributed by atoms with Gasteiger partial charge in [0.2, 0.25) is 0 Å². The van der Waals surface area contributed by atoms with Gasteiger partial charge in [-0.2, -0.15) is 0 Å². The first-order valence-electron chi connectivity index (χ1n) is 3.56. The maximum absolute atomic E-state index is 5.19. The summed E-state index contributed by atoms with van der Waals surface area (Å²) in [4.78, 5) is 0. The quantitative estimate of drug-likeness (QED) is 0.412. The largest absolute Gasteiger partial charge is 0.378 e. The van der Waals surface area contributed by atoms with E-state index in [1.54, 1.807) is 0 Å². The summed E-state index contributed by atoms with van der Waals surface area (Å²) in [5.41, 5.74) is 5.19. The molecule has 10 heavy (non-hydrogen) atoms. The van der Waals surface area contributed by atoms with Crippen LogP contribution in [0.1, 0.15) is 6.42 Å². The zero-order valence-electron chi connectivity index (χ0n) is 6.34. The van der Waals surface area contributed by atoms with Crippen LogP contribution in [0, 0.1) is 6.92 Å². The van der Waals surface area contributed by atoms with Gasteiger partial charge in [-0.25, -0.2) is 0 Å². The molecule has 0 radical (unpaired) electrons.